The van der Waals surface area contributed by atoms with Crippen LogP contribution in [0.25, 0.3) is 0 Å². The maximum absolute atomic E-state index is 12.7. The highest BCUT2D eigenvalue weighted by Crippen LogP contribution is 2.34. The molecule has 1 nitrogen and oxygen atoms in total. The Kier molecular flexibility index (Phi) is 6.48. The van der Waals surface area contributed by atoms with Gasteiger partial charge in [-0.15, -0.1) is 6.58 Å². The lowest BCUT2D eigenvalue weighted by Gasteiger charge is -2.29. The summed E-state index contributed by atoms with van der Waals surface area (Å²) < 4.78 is 43.8. The molecule has 0 saturated carbocycles. The average molecular weight is 268 g/mol. The molecule has 5 heteroatoms. The van der Waals surface area contributed by atoms with Crippen molar-refractivity contribution < 1.29 is 17.6 Å². The van der Waals surface area contributed by atoms with Gasteiger partial charge in [0.25, 0.3) is 0 Å². The van der Waals surface area contributed by atoms with Gasteiger partial charge in [0, 0.05) is 6.10 Å². The molecule has 0 bridgehead atoms. The van der Waals surface area contributed by atoms with Gasteiger partial charge in [0.15, 0.2) is 8.32 Å². The maximum Gasteiger partial charge on any atom is 0.391 e. The van der Waals surface area contributed by atoms with Crippen LogP contribution in [0.15, 0.2) is 12.7 Å². The predicted molar refractivity (Wildman–Crippen MR) is 67.5 cm³/mol. The number of rotatable bonds is 7. The molecule has 0 aliphatic rings. The second-order valence-corrected chi connectivity index (χ2v) is 9.72. The third-order valence-corrected chi connectivity index (χ3v) is 3.49. The van der Waals surface area contributed by atoms with Crippen LogP contribution < -0.4 is 0 Å². The molecule has 0 fully saturated rings. The van der Waals surface area contributed by atoms with Gasteiger partial charge in [0.05, 0.1) is 5.92 Å². The number of hydrogen-bond donors (Lipinski definition) is 0. The summed E-state index contributed by atoms with van der Waals surface area (Å²) in [6.45, 7) is 11.1. The molecule has 0 heterocycles. The van der Waals surface area contributed by atoms with Crippen molar-refractivity contribution in [3.8, 4) is 0 Å². The molecule has 2 atom stereocenters. The van der Waals surface area contributed by atoms with E-state index in [4.69, 9.17) is 4.43 Å². The fourth-order valence-corrected chi connectivity index (χ4v) is 2.92. The number of alkyl halides is 3. The van der Waals surface area contributed by atoms with Crippen LogP contribution in [0.2, 0.25) is 19.6 Å². The van der Waals surface area contributed by atoms with E-state index in [1.165, 1.54) is 0 Å². The van der Waals surface area contributed by atoms with Gasteiger partial charge in [-0.05, 0) is 38.9 Å². The molecule has 0 radical (unpaired) electrons. The highest BCUT2D eigenvalue weighted by Gasteiger charge is 2.39. The summed E-state index contributed by atoms with van der Waals surface area (Å²) in [5.41, 5.74) is 0. The van der Waals surface area contributed by atoms with Gasteiger partial charge in [0.1, 0.15) is 0 Å². The molecule has 0 aliphatic carbocycles. The average Bonchev–Trinajstić information content (AvgIpc) is 2.09. The Morgan fingerprint density at radius 2 is 1.82 bits per heavy atom. The van der Waals surface area contributed by atoms with Gasteiger partial charge in [-0.1, -0.05) is 13.0 Å². The first kappa shape index (κ1) is 16.7. The highest BCUT2D eigenvalue weighted by molar-refractivity contribution is 6.69. The summed E-state index contributed by atoms with van der Waals surface area (Å²) in [4.78, 5) is 0. The summed E-state index contributed by atoms with van der Waals surface area (Å²) >= 11 is 0. The van der Waals surface area contributed by atoms with Gasteiger partial charge in [-0.3, -0.25) is 0 Å². The third-order valence-electron chi connectivity index (χ3n) is 2.45. The second-order valence-electron chi connectivity index (χ2n) is 5.26. The quantitative estimate of drug-likeness (QED) is 0.478. The Hall–Kier alpha value is -0.293. The second kappa shape index (κ2) is 6.59. The van der Waals surface area contributed by atoms with Crippen molar-refractivity contribution in [3.05, 3.63) is 12.7 Å². The van der Waals surface area contributed by atoms with E-state index in [-0.39, 0.29) is 18.9 Å². The molecule has 0 amide bonds. The highest BCUT2D eigenvalue weighted by atomic mass is 28.4. The Labute approximate surface area is 103 Å². The van der Waals surface area contributed by atoms with E-state index < -0.39 is 20.4 Å². The minimum absolute atomic E-state index is 0.0380. The van der Waals surface area contributed by atoms with Crippen LogP contribution >= 0.6 is 0 Å². The van der Waals surface area contributed by atoms with Gasteiger partial charge in [0.2, 0.25) is 0 Å². The minimum Gasteiger partial charge on any atom is -0.414 e. The molecule has 0 aromatic heterocycles. The molecule has 0 saturated heterocycles. The Morgan fingerprint density at radius 1 is 1.29 bits per heavy atom. The van der Waals surface area contributed by atoms with Gasteiger partial charge >= 0.3 is 6.18 Å². The summed E-state index contributed by atoms with van der Waals surface area (Å²) in [5.74, 6) is -1.27. The molecule has 102 valence electrons. The molecule has 0 aliphatic heterocycles. The Balaban J connectivity index is 4.56. The molecular formula is C12H23F3OSi. The van der Waals surface area contributed by atoms with Crippen LogP contribution in [0.4, 0.5) is 13.2 Å². The van der Waals surface area contributed by atoms with Gasteiger partial charge in [-0.25, -0.2) is 0 Å². The lowest BCUT2D eigenvalue weighted by molar-refractivity contribution is -0.181. The largest absolute Gasteiger partial charge is 0.414 e. The fourth-order valence-electron chi connectivity index (χ4n) is 1.73. The van der Waals surface area contributed by atoms with E-state index in [2.05, 4.69) is 6.58 Å². The Morgan fingerprint density at radius 3 is 2.12 bits per heavy atom. The zero-order chi connectivity index (χ0) is 13.7. The van der Waals surface area contributed by atoms with Crippen LogP contribution in [0.3, 0.4) is 0 Å². The minimum atomic E-state index is -4.13. The molecule has 0 rings (SSSR count). The molecular weight excluding hydrogens is 245 g/mol. The normalized spacial score (nSPS) is 16.6. The first-order valence-corrected chi connectivity index (χ1v) is 9.36. The van der Waals surface area contributed by atoms with Crippen LogP contribution in [-0.4, -0.2) is 20.6 Å². The maximum atomic E-state index is 12.7. The van der Waals surface area contributed by atoms with Crippen LogP contribution in [0.1, 0.15) is 26.2 Å². The summed E-state index contributed by atoms with van der Waals surface area (Å²) in [5, 5.41) is 0. The van der Waals surface area contributed by atoms with E-state index >= 15 is 0 Å². The van der Waals surface area contributed by atoms with E-state index in [0.29, 0.717) is 6.42 Å². The summed E-state index contributed by atoms with van der Waals surface area (Å²) in [7, 11) is -1.81. The van der Waals surface area contributed by atoms with Crippen molar-refractivity contribution in [3.63, 3.8) is 0 Å². The molecule has 0 aromatic rings. The summed E-state index contributed by atoms with van der Waals surface area (Å²) in [6.07, 6.45) is -2.23. The SMILES string of the molecule is C=CCC(CC(CC)C(F)(F)F)O[Si](C)(C)C. The lowest BCUT2D eigenvalue weighted by Crippen LogP contribution is -2.35. The van der Waals surface area contributed by atoms with E-state index in [1.807, 2.05) is 19.6 Å². The van der Waals surface area contributed by atoms with Crippen LogP contribution in [-0.2, 0) is 4.43 Å². The van der Waals surface area contributed by atoms with Crippen molar-refractivity contribution in [2.24, 2.45) is 5.92 Å². The van der Waals surface area contributed by atoms with E-state index in [1.54, 1.807) is 13.0 Å². The smallest absolute Gasteiger partial charge is 0.391 e. The van der Waals surface area contributed by atoms with Crippen molar-refractivity contribution in [1.29, 1.82) is 0 Å². The number of halogens is 3. The van der Waals surface area contributed by atoms with Crippen LogP contribution in [0.5, 0.6) is 0 Å². The van der Waals surface area contributed by atoms with Gasteiger partial charge in [-0.2, -0.15) is 13.2 Å². The standard InChI is InChI=1S/C12H23F3OSi/c1-6-8-11(16-17(3,4)5)9-10(7-2)12(13,14)15/h6,10-11H,1,7-9H2,2-5H3. The number of hydrogen-bond acceptors (Lipinski definition) is 1. The lowest BCUT2D eigenvalue weighted by atomic mass is 9.97. The van der Waals surface area contributed by atoms with Crippen LogP contribution in [0, 0.1) is 5.92 Å². The van der Waals surface area contributed by atoms with Gasteiger partial charge < -0.3 is 4.43 Å². The predicted octanol–water partition coefficient (Wildman–Crippen LogP) is 4.76. The topological polar surface area (TPSA) is 9.23 Å². The monoisotopic (exact) mass is 268 g/mol. The van der Waals surface area contributed by atoms with Crippen molar-refractivity contribution >= 4 is 8.32 Å². The molecule has 0 spiro atoms. The first-order chi connectivity index (χ1) is 7.60. The van der Waals surface area contributed by atoms with Crippen molar-refractivity contribution in [2.45, 2.75) is 58.1 Å². The third kappa shape index (κ3) is 7.60. The molecule has 0 aromatic carbocycles. The van der Waals surface area contributed by atoms with Crippen molar-refractivity contribution in [2.75, 3.05) is 0 Å². The summed E-state index contributed by atoms with van der Waals surface area (Å²) in [6, 6.07) is 0. The fraction of sp³-hybridized carbons (Fsp3) is 0.833. The molecule has 2 unspecified atom stereocenters. The zero-order valence-corrected chi connectivity index (χ0v) is 12.1. The first-order valence-electron chi connectivity index (χ1n) is 5.95. The zero-order valence-electron chi connectivity index (χ0n) is 11.1. The van der Waals surface area contributed by atoms with E-state index in [0.717, 1.165) is 0 Å². The molecule has 0 N–H and O–H groups in total. The molecule has 17 heavy (non-hydrogen) atoms. The van der Waals surface area contributed by atoms with Crippen molar-refractivity contribution in [1.82, 2.24) is 0 Å². The Bertz CT molecular complexity index is 233. The van der Waals surface area contributed by atoms with E-state index in [9.17, 15) is 13.2 Å².